The van der Waals surface area contributed by atoms with E-state index in [9.17, 15) is 9.59 Å². The van der Waals surface area contributed by atoms with Crippen molar-refractivity contribution in [3.8, 4) is 0 Å². The molecule has 2 aromatic rings. The molecular weight excluding hydrogens is 356 g/mol. The topological polar surface area (TPSA) is 49.4 Å². The first kappa shape index (κ1) is 19.5. The molecule has 1 N–H and O–H groups in total. The van der Waals surface area contributed by atoms with Crippen molar-refractivity contribution < 1.29 is 9.59 Å². The average molecular weight is 383 g/mol. The third kappa shape index (κ3) is 5.86. The van der Waals surface area contributed by atoms with E-state index in [2.05, 4.69) is 36.5 Å². The minimum Gasteiger partial charge on any atom is -0.349 e. The molecule has 0 saturated carbocycles. The number of amides is 2. The van der Waals surface area contributed by atoms with Crippen molar-refractivity contribution in [3.05, 3.63) is 65.7 Å². The van der Waals surface area contributed by atoms with E-state index in [0.29, 0.717) is 25.1 Å². The van der Waals surface area contributed by atoms with Gasteiger partial charge in [-0.1, -0.05) is 35.9 Å². The second-order valence-electron chi connectivity index (χ2n) is 6.91. The molecule has 1 aliphatic heterocycles. The number of piperidine rings is 1. The van der Waals surface area contributed by atoms with Gasteiger partial charge < -0.3 is 10.2 Å². The SMILES string of the molecule is Cc1ccc(SCCC(=O)N2CCC(NC(=O)c3ccccc3)CC2)cc1. The molecule has 5 heteroatoms. The Labute approximate surface area is 165 Å². The van der Waals surface area contributed by atoms with Crippen LogP contribution in [0.25, 0.3) is 0 Å². The summed E-state index contributed by atoms with van der Waals surface area (Å²) in [6.45, 7) is 3.51. The molecule has 1 aliphatic rings. The van der Waals surface area contributed by atoms with E-state index in [-0.39, 0.29) is 17.9 Å². The number of carbonyl (C=O) groups excluding carboxylic acids is 2. The minimum absolute atomic E-state index is 0.0325. The van der Waals surface area contributed by atoms with E-state index < -0.39 is 0 Å². The van der Waals surface area contributed by atoms with Gasteiger partial charge >= 0.3 is 0 Å². The van der Waals surface area contributed by atoms with E-state index in [4.69, 9.17) is 0 Å². The maximum atomic E-state index is 12.4. The summed E-state index contributed by atoms with van der Waals surface area (Å²) >= 11 is 1.72. The summed E-state index contributed by atoms with van der Waals surface area (Å²) in [6.07, 6.45) is 2.18. The smallest absolute Gasteiger partial charge is 0.251 e. The Balaban J connectivity index is 1.37. The van der Waals surface area contributed by atoms with Crippen molar-refractivity contribution in [2.75, 3.05) is 18.8 Å². The van der Waals surface area contributed by atoms with Crippen LogP contribution in [0.3, 0.4) is 0 Å². The molecule has 1 saturated heterocycles. The Kier molecular flexibility index (Phi) is 6.93. The highest BCUT2D eigenvalue weighted by atomic mass is 32.2. The lowest BCUT2D eigenvalue weighted by Gasteiger charge is -2.32. The molecule has 2 aromatic carbocycles. The first-order chi connectivity index (χ1) is 13.1. The quantitative estimate of drug-likeness (QED) is 0.771. The van der Waals surface area contributed by atoms with Gasteiger partial charge in [0.1, 0.15) is 0 Å². The fourth-order valence-electron chi connectivity index (χ4n) is 3.18. The van der Waals surface area contributed by atoms with Gasteiger partial charge in [0.15, 0.2) is 0 Å². The predicted octanol–water partition coefficient (Wildman–Crippen LogP) is 3.90. The number of aryl methyl sites for hydroxylation is 1. The number of thioether (sulfide) groups is 1. The number of hydrogen-bond donors (Lipinski definition) is 1. The van der Waals surface area contributed by atoms with Crippen molar-refractivity contribution in [2.45, 2.75) is 37.1 Å². The van der Waals surface area contributed by atoms with Gasteiger partial charge in [-0.15, -0.1) is 11.8 Å². The summed E-state index contributed by atoms with van der Waals surface area (Å²) in [5, 5.41) is 3.08. The zero-order valence-corrected chi connectivity index (χ0v) is 16.5. The van der Waals surface area contributed by atoms with Crippen molar-refractivity contribution in [1.82, 2.24) is 10.2 Å². The van der Waals surface area contributed by atoms with Crippen molar-refractivity contribution >= 4 is 23.6 Å². The lowest BCUT2D eigenvalue weighted by atomic mass is 10.0. The van der Waals surface area contributed by atoms with Gasteiger partial charge in [0.05, 0.1) is 0 Å². The zero-order chi connectivity index (χ0) is 19.1. The molecule has 3 rings (SSSR count). The Morgan fingerprint density at radius 3 is 2.37 bits per heavy atom. The summed E-state index contributed by atoms with van der Waals surface area (Å²) in [7, 11) is 0. The normalized spacial score (nSPS) is 14.8. The molecule has 1 heterocycles. The number of carbonyl (C=O) groups is 2. The molecule has 2 amide bonds. The van der Waals surface area contributed by atoms with Crippen LogP contribution in [0.5, 0.6) is 0 Å². The summed E-state index contributed by atoms with van der Waals surface area (Å²) in [5.74, 6) is 0.976. The number of hydrogen-bond acceptors (Lipinski definition) is 3. The number of benzene rings is 2. The summed E-state index contributed by atoms with van der Waals surface area (Å²) in [4.78, 5) is 27.8. The van der Waals surface area contributed by atoms with Crippen LogP contribution in [0.2, 0.25) is 0 Å². The number of nitrogens with one attached hydrogen (secondary N) is 1. The van der Waals surface area contributed by atoms with Gasteiger partial charge in [-0.25, -0.2) is 0 Å². The molecule has 0 unspecified atom stereocenters. The fraction of sp³-hybridized carbons (Fsp3) is 0.364. The minimum atomic E-state index is -0.0325. The molecule has 0 spiro atoms. The molecule has 0 radical (unpaired) electrons. The van der Waals surface area contributed by atoms with Crippen LogP contribution in [0.15, 0.2) is 59.5 Å². The van der Waals surface area contributed by atoms with Gasteiger partial charge in [-0.2, -0.15) is 0 Å². The average Bonchev–Trinajstić information content (AvgIpc) is 2.70. The summed E-state index contributed by atoms with van der Waals surface area (Å²) < 4.78 is 0. The lowest BCUT2D eigenvalue weighted by molar-refractivity contribution is -0.131. The van der Waals surface area contributed by atoms with Gasteiger partial charge in [0.2, 0.25) is 5.91 Å². The lowest BCUT2D eigenvalue weighted by Crippen LogP contribution is -2.46. The van der Waals surface area contributed by atoms with E-state index in [1.165, 1.54) is 10.5 Å². The zero-order valence-electron chi connectivity index (χ0n) is 15.7. The van der Waals surface area contributed by atoms with Gasteiger partial charge in [0.25, 0.3) is 5.91 Å². The van der Waals surface area contributed by atoms with Crippen LogP contribution >= 0.6 is 11.8 Å². The van der Waals surface area contributed by atoms with E-state index in [0.717, 1.165) is 18.6 Å². The molecule has 1 fully saturated rings. The van der Waals surface area contributed by atoms with Crippen molar-refractivity contribution in [1.29, 1.82) is 0 Å². The molecule has 142 valence electrons. The molecular formula is C22H26N2O2S. The predicted molar refractivity (Wildman–Crippen MR) is 110 cm³/mol. The fourth-order valence-corrected chi connectivity index (χ4v) is 4.02. The summed E-state index contributed by atoms with van der Waals surface area (Å²) in [5.41, 5.74) is 1.93. The van der Waals surface area contributed by atoms with Crippen LogP contribution in [-0.4, -0.2) is 41.6 Å². The Morgan fingerprint density at radius 2 is 1.70 bits per heavy atom. The summed E-state index contributed by atoms with van der Waals surface area (Å²) in [6, 6.07) is 17.8. The molecule has 4 nitrogen and oxygen atoms in total. The third-order valence-electron chi connectivity index (χ3n) is 4.82. The second-order valence-corrected chi connectivity index (χ2v) is 8.07. The van der Waals surface area contributed by atoms with Crippen LogP contribution in [0, 0.1) is 6.92 Å². The molecule has 0 atom stereocenters. The Morgan fingerprint density at radius 1 is 1.04 bits per heavy atom. The highest BCUT2D eigenvalue weighted by Gasteiger charge is 2.23. The highest BCUT2D eigenvalue weighted by Crippen LogP contribution is 2.20. The Bertz CT molecular complexity index is 754. The maximum absolute atomic E-state index is 12.4. The second kappa shape index (κ2) is 9.60. The van der Waals surface area contributed by atoms with Crippen LogP contribution in [0.4, 0.5) is 0 Å². The first-order valence-electron chi connectivity index (χ1n) is 9.45. The standard InChI is InChI=1S/C22H26N2O2S/c1-17-7-9-20(10-8-17)27-16-13-21(25)24-14-11-19(12-15-24)23-22(26)18-5-3-2-4-6-18/h2-10,19H,11-16H2,1H3,(H,23,26). The van der Waals surface area contributed by atoms with E-state index >= 15 is 0 Å². The van der Waals surface area contributed by atoms with Gasteiger partial charge in [-0.3, -0.25) is 9.59 Å². The maximum Gasteiger partial charge on any atom is 0.251 e. The molecule has 0 bridgehead atoms. The monoisotopic (exact) mass is 382 g/mol. The number of rotatable bonds is 6. The van der Waals surface area contributed by atoms with Gasteiger partial charge in [0, 0.05) is 41.8 Å². The van der Waals surface area contributed by atoms with E-state index in [1.54, 1.807) is 11.8 Å². The largest absolute Gasteiger partial charge is 0.349 e. The van der Waals surface area contributed by atoms with Crippen molar-refractivity contribution in [3.63, 3.8) is 0 Å². The van der Waals surface area contributed by atoms with Crippen LogP contribution in [0.1, 0.15) is 35.2 Å². The number of nitrogens with zero attached hydrogens (tertiary/aromatic N) is 1. The number of likely N-dealkylation sites (tertiary alicyclic amines) is 1. The third-order valence-corrected chi connectivity index (χ3v) is 5.84. The molecule has 27 heavy (non-hydrogen) atoms. The van der Waals surface area contributed by atoms with Crippen LogP contribution in [-0.2, 0) is 4.79 Å². The highest BCUT2D eigenvalue weighted by molar-refractivity contribution is 7.99. The van der Waals surface area contributed by atoms with E-state index in [1.807, 2.05) is 35.2 Å². The van der Waals surface area contributed by atoms with Gasteiger partial charge in [-0.05, 0) is 44.0 Å². The molecule has 0 aromatic heterocycles. The first-order valence-corrected chi connectivity index (χ1v) is 10.4. The Hall–Kier alpha value is -2.27. The van der Waals surface area contributed by atoms with Crippen molar-refractivity contribution in [2.24, 2.45) is 0 Å². The van der Waals surface area contributed by atoms with Crippen LogP contribution < -0.4 is 5.32 Å². The molecule has 0 aliphatic carbocycles.